The van der Waals surface area contributed by atoms with Crippen molar-refractivity contribution in [1.82, 2.24) is 4.98 Å². The molecule has 0 unspecified atom stereocenters. The fraction of sp³-hybridized carbons (Fsp3) is 0.105. The van der Waals surface area contributed by atoms with Crippen LogP contribution < -0.4 is 9.47 Å². The number of aromatic nitrogens is 1. The third-order valence-corrected chi connectivity index (χ3v) is 3.71. The Morgan fingerprint density at radius 3 is 2.50 bits per heavy atom. The van der Waals surface area contributed by atoms with Gasteiger partial charge in [0.2, 0.25) is 0 Å². The highest BCUT2D eigenvalue weighted by Gasteiger charge is 2.16. The first-order chi connectivity index (χ1) is 11.7. The smallest absolute Gasteiger partial charge is 0.174 e. The molecule has 0 atom stereocenters. The minimum absolute atomic E-state index is 0.142. The zero-order valence-corrected chi connectivity index (χ0v) is 13.8. The first kappa shape index (κ1) is 16.3. The number of methoxy groups -OCH3 is 1. The number of pyridine rings is 1. The van der Waals surface area contributed by atoms with Crippen molar-refractivity contribution in [3.05, 3.63) is 77.2 Å². The maximum atomic E-state index is 14.6. The second-order valence-electron chi connectivity index (χ2n) is 5.08. The molecule has 0 amide bonds. The average Bonchev–Trinajstić information content (AvgIpc) is 2.62. The molecule has 0 aliphatic carbocycles. The average molecular weight is 344 g/mol. The molecule has 122 valence electrons. The second-order valence-corrected chi connectivity index (χ2v) is 5.46. The number of nitrogens with zero attached hydrogens (tertiary/aromatic N) is 1. The molecule has 2 aromatic carbocycles. The minimum atomic E-state index is -0.501. The summed E-state index contributed by atoms with van der Waals surface area (Å²) in [6, 6.07) is 17.9. The van der Waals surface area contributed by atoms with E-state index < -0.39 is 5.82 Å². The Labute approximate surface area is 144 Å². The van der Waals surface area contributed by atoms with Crippen LogP contribution in [0.25, 0.3) is 11.3 Å². The number of halogens is 2. The highest BCUT2D eigenvalue weighted by atomic mass is 35.5. The Bertz CT molecular complexity index is 840. The fourth-order valence-corrected chi connectivity index (χ4v) is 2.47. The number of hydrogen-bond donors (Lipinski definition) is 0. The van der Waals surface area contributed by atoms with E-state index in [0.717, 1.165) is 5.56 Å². The maximum absolute atomic E-state index is 14.6. The van der Waals surface area contributed by atoms with Crippen molar-refractivity contribution in [3.63, 3.8) is 0 Å². The van der Waals surface area contributed by atoms with Gasteiger partial charge in [0, 0.05) is 5.56 Å². The van der Waals surface area contributed by atoms with Gasteiger partial charge in [0.05, 0.1) is 7.11 Å². The Kier molecular flexibility index (Phi) is 4.96. The normalized spacial score (nSPS) is 10.5. The summed E-state index contributed by atoms with van der Waals surface area (Å²) < 4.78 is 25.4. The SMILES string of the molecule is COc1cccc(-c2nc(Cl)ccc2OCc2ccccc2)c1F. The summed E-state index contributed by atoms with van der Waals surface area (Å²) in [6.07, 6.45) is 0. The molecule has 0 N–H and O–H groups in total. The number of rotatable bonds is 5. The zero-order chi connectivity index (χ0) is 16.9. The number of ether oxygens (including phenoxy) is 2. The summed E-state index contributed by atoms with van der Waals surface area (Å²) >= 11 is 5.99. The number of benzene rings is 2. The van der Waals surface area contributed by atoms with Crippen molar-refractivity contribution in [2.24, 2.45) is 0 Å². The lowest BCUT2D eigenvalue weighted by Gasteiger charge is -2.13. The predicted octanol–water partition coefficient (Wildman–Crippen LogP) is 5.13. The fourth-order valence-electron chi connectivity index (χ4n) is 2.32. The van der Waals surface area contributed by atoms with E-state index >= 15 is 0 Å². The molecule has 0 aliphatic heterocycles. The molecule has 5 heteroatoms. The zero-order valence-electron chi connectivity index (χ0n) is 13.0. The molecule has 0 saturated carbocycles. The molecule has 3 aromatic rings. The molecular weight excluding hydrogens is 329 g/mol. The largest absolute Gasteiger partial charge is 0.494 e. The standard InChI is InChI=1S/C19H15ClFNO2/c1-23-15-9-5-8-14(18(15)21)19-16(10-11-17(20)22-19)24-12-13-6-3-2-4-7-13/h2-11H,12H2,1H3. The summed E-state index contributed by atoms with van der Waals surface area (Å²) in [5, 5.41) is 0.263. The van der Waals surface area contributed by atoms with Gasteiger partial charge in [-0.25, -0.2) is 9.37 Å². The van der Waals surface area contributed by atoms with Crippen LogP contribution in [0.5, 0.6) is 11.5 Å². The van der Waals surface area contributed by atoms with Gasteiger partial charge in [0.1, 0.15) is 23.2 Å². The highest BCUT2D eigenvalue weighted by Crippen LogP contribution is 2.34. The third-order valence-electron chi connectivity index (χ3n) is 3.50. The molecule has 1 heterocycles. The Morgan fingerprint density at radius 1 is 0.958 bits per heavy atom. The van der Waals surface area contributed by atoms with Crippen LogP contribution >= 0.6 is 11.6 Å². The topological polar surface area (TPSA) is 31.4 Å². The van der Waals surface area contributed by atoms with Crippen LogP contribution in [0.1, 0.15) is 5.56 Å². The Hall–Kier alpha value is -2.59. The van der Waals surface area contributed by atoms with E-state index in [9.17, 15) is 4.39 Å². The first-order valence-electron chi connectivity index (χ1n) is 7.35. The summed E-state index contributed by atoms with van der Waals surface area (Å²) in [4.78, 5) is 4.24. The van der Waals surface area contributed by atoms with Crippen molar-refractivity contribution in [2.45, 2.75) is 6.61 Å². The van der Waals surface area contributed by atoms with Crippen molar-refractivity contribution >= 4 is 11.6 Å². The lowest BCUT2D eigenvalue weighted by molar-refractivity contribution is 0.306. The van der Waals surface area contributed by atoms with E-state index in [-0.39, 0.29) is 16.5 Å². The molecule has 0 aliphatic rings. The lowest BCUT2D eigenvalue weighted by atomic mass is 10.1. The van der Waals surface area contributed by atoms with Gasteiger partial charge < -0.3 is 9.47 Å². The van der Waals surface area contributed by atoms with Crippen molar-refractivity contribution in [3.8, 4) is 22.8 Å². The van der Waals surface area contributed by atoms with Crippen molar-refractivity contribution < 1.29 is 13.9 Å². The molecule has 3 nitrogen and oxygen atoms in total. The van der Waals surface area contributed by atoms with Crippen molar-refractivity contribution in [1.29, 1.82) is 0 Å². The molecule has 1 aromatic heterocycles. The van der Waals surface area contributed by atoms with Crippen LogP contribution in [0.4, 0.5) is 4.39 Å². The molecule has 0 saturated heterocycles. The molecular formula is C19H15ClFNO2. The summed E-state index contributed by atoms with van der Waals surface area (Å²) in [7, 11) is 1.42. The van der Waals surface area contributed by atoms with Gasteiger partial charge in [0.15, 0.2) is 11.6 Å². The second kappa shape index (κ2) is 7.32. The maximum Gasteiger partial charge on any atom is 0.174 e. The van der Waals surface area contributed by atoms with Gasteiger partial charge in [-0.2, -0.15) is 0 Å². The Morgan fingerprint density at radius 2 is 1.75 bits per heavy atom. The minimum Gasteiger partial charge on any atom is -0.494 e. The molecule has 0 spiro atoms. The van der Waals surface area contributed by atoms with Crippen LogP contribution in [0.15, 0.2) is 60.7 Å². The van der Waals surface area contributed by atoms with E-state index in [0.29, 0.717) is 18.1 Å². The van der Waals surface area contributed by atoms with Gasteiger partial charge in [0.25, 0.3) is 0 Å². The number of hydrogen-bond acceptors (Lipinski definition) is 3. The van der Waals surface area contributed by atoms with Crippen LogP contribution in [-0.2, 0) is 6.61 Å². The van der Waals surface area contributed by atoms with Gasteiger partial charge in [-0.15, -0.1) is 0 Å². The third kappa shape index (κ3) is 3.49. The molecule has 24 heavy (non-hydrogen) atoms. The lowest BCUT2D eigenvalue weighted by Crippen LogP contribution is -2.00. The van der Waals surface area contributed by atoms with Gasteiger partial charge in [-0.3, -0.25) is 0 Å². The van der Waals surface area contributed by atoms with Crippen LogP contribution in [-0.4, -0.2) is 12.1 Å². The Balaban J connectivity index is 1.97. The molecule has 0 radical (unpaired) electrons. The van der Waals surface area contributed by atoms with Gasteiger partial charge in [-0.05, 0) is 29.8 Å². The van der Waals surface area contributed by atoms with Crippen LogP contribution in [0.3, 0.4) is 0 Å². The highest BCUT2D eigenvalue weighted by molar-refractivity contribution is 6.29. The monoisotopic (exact) mass is 343 g/mol. The van der Waals surface area contributed by atoms with E-state index in [1.807, 2.05) is 30.3 Å². The predicted molar refractivity (Wildman–Crippen MR) is 92.0 cm³/mol. The van der Waals surface area contributed by atoms with E-state index in [1.54, 1.807) is 30.3 Å². The van der Waals surface area contributed by atoms with Crippen LogP contribution in [0, 0.1) is 5.82 Å². The summed E-state index contributed by atoms with van der Waals surface area (Å²) in [5.41, 5.74) is 1.62. The van der Waals surface area contributed by atoms with Gasteiger partial charge >= 0.3 is 0 Å². The summed E-state index contributed by atoms with van der Waals surface area (Å²) in [5.74, 6) is 0.0954. The quantitative estimate of drug-likeness (QED) is 0.602. The molecule has 0 fully saturated rings. The van der Waals surface area contributed by atoms with Crippen LogP contribution in [0.2, 0.25) is 5.15 Å². The molecule has 3 rings (SSSR count). The van der Waals surface area contributed by atoms with E-state index in [4.69, 9.17) is 21.1 Å². The first-order valence-corrected chi connectivity index (χ1v) is 7.73. The van der Waals surface area contributed by atoms with Gasteiger partial charge in [-0.1, -0.05) is 48.0 Å². The summed E-state index contributed by atoms with van der Waals surface area (Å²) in [6.45, 7) is 0.350. The van der Waals surface area contributed by atoms with E-state index in [2.05, 4.69) is 4.98 Å². The van der Waals surface area contributed by atoms with Crippen molar-refractivity contribution in [2.75, 3.05) is 7.11 Å². The van der Waals surface area contributed by atoms with E-state index in [1.165, 1.54) is 7.11 Å². The molecule has 0 bridgehead atoms.